The molecule has 8 unspecified atom stereocenters. The summed E-state index contributed by atoms with van der Waals surface area (Å²) >= 11 is 0. The van der Waals surface area contributed by atoms with Crippen molar-refractivity contribution in [1.82, 2.24) is 0 Å². The fourth-order valence-corrected chi connectivity index (χ4v) is 11.3. The number of rotatable bonds is 11. The SMILES string of the molecule is C=C(C)C(C)(C)CC1=CC1.C=C1CC2(CC(=NC)OC(=C)c3ccc(C)cc3)CCC3C(CCC4C(C)(CCC(C)O)C(C)CCC34N)C2=C1C(C)C.CC.CC.CC. The first-order chi connectivity index (χ1) is 27.8. The molecule has 1 aromatic rings. The third-order valence-electron chi connectivity index (χ3n) is 15.0. The van der Waals surface area contributed by atoms with Crippen molar-refractivity contribution in [1.29, 1.82) is 0 Å². The molecule has 0 saturated heterocycles. The van der Waals surface area contributed by atoms with E-state index in [1.54, 1.807) is 11.1 Å². The average Bonchev–Trinajstić information content (AvgIpc) is 3.96. The maximum atomic E-state index is 10.2. The van der Waals surface area contributed by atoms with Crippen LogP contribution in [-0.4, -0.2) is 29.7 Å². The van der Waals surface area contributed by atoms with Crippen LogP contribution in [0.15, 0.2) is 82.9 Å². The van der Waals surface area contributed by atoms with Crippen LogP contribution >= 0.6 is 0 Å². The summed E-state index contributed by atoms with van der Waals surface area (Å²) in [5.74, 6) is 3.96. The first-order valence-electron chi connectivity index (χ1n) is 23.9. The number of ether oxygens (including phenoxy) is 1. The molecule has 0 radical (unpaired) electrons. The molecule has 0 heterocycles. The van der Waals surface area contributed by atoms with Gasteiger partial charge in [0.2, 0.25) is 0 Å². The molecule has 4 nitrogen and oxygen atoms in total. The number of aliphatic hydroxyl groups is 1. The molecule has 0 aromatic heterocycles. The quantitative estimate of drug-likeness (QED) is 0.101. The molecule has 0 spiro atoms. The monoisotopic (exact) mass is 813 g/mol. The highest BCUT2D eigenvalue weighted by molar-refractivity contribution is 5.83. The van der Waals surface area contributed by atoms with Gasteiger partial charge in [-0.2, -0.15) is 0 Å². The summed E-state index contributed by atoms with van der Waals surface area (Å²) in [6.45, 7) is 45.2. The number of hydrogen-bond acceptors (Lipinski definition) is 4. The van der Waals surface area contributed by atoms with E-state index in [2.05, 4.69) is 105 Å². The smallest absolute Gasteiger partial charge is 0.190 e. The van der Waals surface area contributed by atoms with Crippen molar-refractivity contribution in [3.63, 3.8) is 0 Å². The predicted octanol–water partition coefficient (Wildman–Crippen LogP) is 15.4. The highest BCUT2D eigenvalue weighted by Gasteiger charge is 2.63. The molecular weight excluding hydrogens is 721 g/mol. The van der Waals surface area contributed by atoms with Gasteiger partial charge in [0.05, 0.1) is 6.10 Å². The van der Waals surface area contributed by atoms with E-state index >= 15 is 0 Å². The second-order valence-electron chi connectivity index (χ2n) is 19.5. The van der Waals surface area contributed by atoms with E-state index in [9.17, 15) is 5.11 Å². The van der Waals surface area contributed by atoms with Crippen molar-refractivity contribution in [3.05, 3.63) is 89.1 Å². The van der Waals surface area contributed by atoms with Gasteiger partial charge >= 0.3 is 0 Å². The van der Waals surface area contributed by atoms with Gasteiger partial charge in [-0.3, -0.25) is 4.99 Å². The van der Waals surface area contributed by atoms with Crippen molar-refractivity contribution in [2.24, 2.45) is 56.6 Å². The Balaban J connectivity index is 0.000000639. The van der Waals surface area contributed by atoms with Gasteiger partial charge in [-0.1, -0.05) is 161 Å². The molecule has 1 aromatic carbocycles. The van der Waals surface area contributed by atoms with Crippen molar-refractivity contribution in [2.75, 3.05) is 7.05 Å². The maximum absolute atomic E-state index is 10.2. The Bertz CT molecular complexity index is 1640. The third kappa shape index (κ3) is 12.0. The molecule has 59 heavy (non-hydrogen) atoms. The van der Waals surface area contributed by atoms with Crippen LogP contribution in [0.4, 0.5) is 0 Å². The van der Waals surface area contributed by atoms with Gasteiger partial charge in [0.25, 0.3) is 0 Å². The zero-order chi connectivity index (χ0) is 45.1. The number of nitrogens with two attached hydrogens (primary N) is 1. The molecule has 3 saturated carbocycles. The Morgan fingerprint density at radius 1 is 0.983 bits per heavy atom. The van der Waals surface area contributed by atoms with Crippen LogP contribution in [0.3, 0.4) is 0 Å². The van der Waals surface area contributed by atoms with Crippen molar-refractivity contribution < 1.29 is 9.84 Å². The molecule has 0 aliphatic heterocycles. The van der Waals surface area contributed by atoms with Gasteiger partial charge < -0.3 is 15.6 Å². The van der Waals surface area contributed by atoms with E-state index in [1.807, 2.05) is 55.5 Å². The van der Waals surface area contributed by atoms with Crippen molar-refractivity contribution >= 4 is 11.7 Å². The summed E-state index contributed by atoms with van der Waals surface area (Å²) in [5, 5.41) is 10.2. The largest absolute Gasteiger partial charge is 0.443 e. The second-order valence-corrected chi connectivity index (χ2v) is 19.5. The van der Waals surface area contributed by atoms with Crippen LogP contribution in [0.25, 0.3) is 5.76 Å². The highest BCUT2D eigenvalue weighted by atomic mass is 16.5. The van der Waals surface area contributed by atoms with E-state index in [-0.39, 0.29) is 22.5 Å². The van der Waals surface area contributed by atoms with Crippen LogP contribution in [-0.2, 0) is 4.74 Å². The second kappa shape index (κ2) is 22.4. The Morgan fingerprint density at radius 3 is 2.08 bits per heavy atom. The normalized spacial score (nSPS) is 29.8. The number of hydrogen-bond donors (Lipinski definition) is 2. The van der Waals surface area contributed by atoms with Crippen LogP contribution in [0.1, 0.15) is 185 Å². The topological polar surface area (TPSA) is 67.8 Å². The lowest BCUT2D eigenvalue weighted by atomic mass is 9.42. The number of aryl methyl sites for hydroxylation is 1. The first-order valence-corrected chi connectivity index (χ1v) is 23.9. The van der Waals surface area contributed by atoms with Crippen molar-refractivity contribution in [2.45, 2.75) is 193 Å². The number of aliphatic hydroxyl groups excluding tert-OH is 1. The zero-order valence-corrected chi connectivity index (χ0v) is 41.3. The van der Waals surface area contributed by atoms with E-state index in [4.69, 9.17) is 15.5 Å². The molecule has 8 atom stereocenters. The molecule has 0 amide bonds. The van der Waals surface area contributed by atoms with Gasteiger partial charge in [-0.25, -0.2) is 0 Å². The van der Waals surface area contributed by atoms with Crippen LogP contribution in [0, 0.1) is 52.8 Å². The van der Waals surface area contributed by atoms with Crippen LogP contribution in [0.5, 0.6) is 0 Å². The number of fused-ring (bicyclic) bond motifs is 5. The van der Waals surface area contributed by atoms with E-state index in [1.165, 1.54) is 54.4 Å². The van der Waals surface area contributed by atoms with Gasteiger partial charge in [0.15, 0.2) is 5.90 Å². The molecule has 0 bridgehead atoms. The number of aliphatic imine (C=N–C) groups is 1. The van der Waals surface area contributed by atoms with E-state index in [0.717, 1.165) is 56.4 Å². The summed E-state index contributed by atoms with van der Waals surface area (Å²) in [6, 6.07) is 8.35. The van der Waals surface area contributed by atoms with Crippen LogP contribution in [0.2, 0.25) is 0 Å². The lowest BCUT2D eigenvalue weighted by molar-refractivity contribution is -0.0982. The Hall–Kier alpha value is -2.69. The first kappa shape index (κ1) is 52.4. The summed E-state index contributed by atoms with van der Waals surface area (Å²) in [7, 11) is 1.86. The molecular formula is C55H92N2O2. The maximum Gasteiger partial charge on any atom is 0.190 e. The molecule has 3 N–H and O–H groups in total. The Kier molecular flexibility index (Phi) is 19.9. The predicted molar refractivity (Wildman–Crippen MR) is 261 cm³/mol. The number of nitrogens with zero attached hydrogens (tertiary/aromatic N) is 1. The molecule has 5 aliphatic rings. The summed E-state index contributed by atoms with van der Waals surface area (Å²) < 4.78 is 6.45. The fourth-order valence-electron chi connectivity index (χ4n) is 11.3. The van der Waals surface area contributed by atoms with E-state index in [0.29, 0.717) is 40.8 Å². The van der Waals surface area contributed by atoms with Gasteiger partial charge in [-0.15, -0.1) is 0 Å². The minimum Gasteiger partial charge on any atom is -0.443 e. The Labute approximate surface area is 365 Å². The van der Waals surface area contributed by atoms with E-state index < -0.39 is 0 Å². The van der Waals surface area contributed by atoms with Gasteiger partial charge in [0.1, 0.15) is 5.76 Å². The van der Waals surface area contributed by atoms with Crippen molar-refractivity contribution in [3.8, 4) is 0 Å². The Morgan fingerprint density at radius 2 is 1.58 bits per heavy atom. The lowest BCUT2D eigenvalue weighted by Gasteiger charge is -2.64. The summed E-state index contributed by atoms with van der Waals surface area (Å²) in [4.78, 5) is 4.70. The van der Waals surface area contributed by atoms with Crippen LogP contribution < -0.4 is 5.73 Å². The lowest BCUT2D eigenvalue weighted by Crippen LogP contribution is -2.67. The molecule has 5 aliphatic carbocycles. The molecule has 334 valence electrons. The minimum absolute atomic E-state index is 0.0129. The minimum atomic E-state index is -0.258. The fraction of sp³-hybridized carbons (Fsp3) is 0.691. The molecule has 6 rings (SSSR count). The molecule has 4 heteroatoms. The summed E-state index contributed by atoms with van der Waals surface area (Å²) in [5.41, 5.74) is 17.6. The average molecular weight is 813 g/mol. The number of benzene rings is 1. The zero-order valence-electron chi connectivity index (χ0n) is 41.3. The third-order valence-corrected chi connectivity index (χ3v) is 15.0. The summed E-state index contributed by atoms with van der Waals surface area (Å²) in [6.07, 6.45) is 15.1. The van der Waals surface area contributed by atoms with Gasteiger partial charge in [-0.05, 0) is 137 Å². The molecule has 3 fully saturated rings. The standard InChI is InChI=1S/C39H58N2O2.C10H16.3C2H6/c1-24(2)35-26(4)22-38(23-34(41-9)43-29(7)30-12-10-25(3)11-13-30)20-18-32-31(36(35)38)14-15-33-37(8,19-17-28(6)42)27(5)16-21-39(32,33)40;1-8(2)10(3,4)7-9-5-6-9;3*1-2/h10-13,24,27-28,31-33,42H,4,7,14-23,40H2,1-3,5-6,8-9H3;5H,1,6-7H2,2-4H3;3*1-2H3. The van der Waals surface area contributed by atoms with Gasteiger partial charge in [0, 0.05) is 30.0 Å². The highest BCUT2D eigenvalue weighted by Crippen LogP contribution is 2.68. The number of allylic oxidation sites excluding steroid dienone is 6.